The van der Waals surface area contributed by atoms with Crippen LogP contribution in [0.2, 0.25) is 18.1 Å². The molecule has 1 aromatic rings. The first-order valence-electron chi connectivity index (χ1n) is 7.95. The number of allylic oxidation sites excluding steroid dienone is 1. The van der Waals surface area contributed by atoms with Gasteiger partial charge in [0.15, 0.2) is 14.1 Å². The highest BCUT2D eigenvalue weighted by Gasteiger charge is 2.42. The molecule has 122 valence electrons. The highest BCUT2D eigenvalue weighted by molar-refractivity contribution is 6.74. The average Bonchev–Trinajstić information content (AvgIpc) is 2.91. The van der Waals surface area contributed by atoms with Crippen LogP contribution in [0.3, 0.4) is 0 Å². The molecule has 0 fully saturated rings. The Hall–Kier alpha value is -1.13. The highest BCUT2D eigenvalue weighted by atomic mass is 28.4. The normalized spacial score (nSPS) is 23.0. The standard InChI is InChI=1S/C18H28O3Si/c1-12-8-9-20-17(12)15-14(10-13(2)16(15)19)11-21-22(6,7)18(3,4)5/h8-10,14-15H,11H2,1-7H3/t14-,15-/m0/s1. The molecule has 0 saturated carbocycles. The Balaban J connectivity index is 2.19. The lowest BCUT2D eigenvalue weighted by Crippen LogP contribution is -2.42. The predicted octanol–water partition coefficient (Wildman–Crippen LogP) is 4.84. The van der Waals surface area contributed by atoms with Crippen LogP contribution in [0.5, 0.6) is 0 Å². The van der Waals surface area contributed by atoms with Crippen LogP contribution in [-0.2, 0) is 9.22 Å². The van der Waals surface area contributed by atoms with Crippen LogP contribution in [0.25, 0.3) is 0 Å². The Bertz CT molecular complexity index is 590. The zero-order valence-corrected chi connectivity index (χ0v) is 15.8. The van der Waals surface area contributed by atoms with Crippen LogP contribution in [0.4, 0.5) is 0 Å². The summed E-state index contributed by atoms with van der Waals surface area (Å²) < 4.78 is 11.9. The zero-order chi connectivity index (χ0) is 16.7. The molecule has 2 rings (SSSR count). The van der Waals surface area contributed by atoms with E-state index < -0.39 is 8.32 Å². The number of hydrogen-bond acceptors (Lipinski definition) is 3. The third kappa shape index (κ3) is 3.13. The van der Waals surface area contributed by atoms with Crippen molar-refractivity contribution in [2.75, 3.05) is 6.61 Å². The van der Waals surface area contributed by atoms with Gasteiger partial charge in [-0.3, -0.25) is 4.79 Å². The van der Waals surface area contributed by atoms with Gasteiger partial charge in [-0.2, -0.15) is 0 Å². The molecule has 1 heterocycles. The quantitative estimate of drug-likeness (QED) is 0.745. The third-order valence-electron chi connectivity index (χ3n) is 5.19. The van der Waals surface area contributed by atoms with Crippen LogP contribution in [0.1, 0.15) is 44.9 Å². The van der Waals surface area contributed by atoms with E-state index in [1.165, 1.54) is 0 Å². The lowest BCUT2D eigenvalue weighted by atomic mass is 9.90. The van der Waals surface area contributed by atoms with Crippen LogP contribution in [0.15, 0.2) is 28.4 Å². The molecule has 1 aliphatic carbocycles. The third-order valence-corrected chi connectivity index (χ3v) is 9.69. The van der Waals surface area contributed by atoms with E-state index in [2.05, 4.69) is 39.9 Å². The van der Waals surface area contributed by atoms with E-state index in [0.29, 0.717) is 6.61 Å². The maximum Gasteiger partial charge on any atom is 0.192 e. The summed E-state index contributed by atoms with van der Waals surface area (Å²) in [5, 5.41) is 0.171. The number of furan rings is 1. The lowest BCUT2D eigenvalue weighted by Gasteiger charge is -2.37. The Morgan fingerprint density at radius 2 is 1.91 bits per heavy atom. The molecule has 0 amide bonds. The monoisotopic (exact) mass is 320 g/mol. The van der Waals surface area contributed by atoms with Gasteiger partial charge >= 0.3 is 0 Å². The smallest absolute Gasteiger partial charge is 0.192 e. The van der Waals surface area contributed by atoms with Crippen molar-refractivity contribution >= 4 is 14.1 Å². The topological polar surface area (TPSA) is 39.4 Å². The molecule has 4 heteroatoms. The molecule has 3 nitrogen and oxygen atoms in total. The highest BCUT2D eigenvalue weighted by Crippen LogP contribution is 2.41. The van der Waals surface area contributed by atoms with Crippen molar-refractivity contribution in [3.05, 3.63) is 35.3 Å². The first-order valence-corrected chi connectivity index (χ1v) is 10.9. The van der Waals surface area contributed by atoms with Crippen molar-refractivity contribution in [1.29, 1.82) is 0 Å². The van der Waals surface area contributed by atoms with Crippen molar-refractivity contribution in [3.63, 3.8) is 0 Å². The molecule has 0 bridgehead atoms. The van der Waals surface area contributed by atoms with Crippen molar-refractivity contribution < 1.29 is 13.6 Å². The van der Waals surface area contributed by atoms with Gasteiger partial charge in [0.1, 0.15) is 5.76 Å². The van der Waals surface area contributed by atoms with Crippen LogP contribution >= 0.6 is 0 Å². The van der Waals surface area contributed by atoms with E-state index in [9.17, 15) is 4.79 Å². The second kappa shape index (κ2) is 5.82. The van der Waals surface area contributed by atoms with Gasteiger partial charge < -0.3 is 8.84 Å². The molecule has 1 aromatic heterocycles. The minimum absolute atomic E-state index is 0.0754. The summed E-state index contributed by atoms with van der Waals surface area (Å²) in [7, 11) is -1.82. The molecular weight excluding hydrogens is 292 g/mol. The first kappa shape index (κ1) is 17.2. The van der Waals surface area contributed by atoms with E-state index in [1.807, 2.05) is 19.9 Å². The minimum atomic E-state index is -1.82. The van der Waals surface area contributed by atoms with Gasteiger partial charge in [0.2, 0.25) is 0 Å². The van der Waals surface area contributed by atoms with Gasteiger partial charge in [0.05, 0.1) is 12.2 Å². The van der Waals surface area contributed by atoms with Crippen molar-refractivity contribution in [3.8, 4) is 0 Å². The molecule has 0 spiro atoms. The number of carbonyl (C=O) groups excluding carboxylic acids is 1. The molecule has 2 atom stereocenters. The van der Waals surface area contributed by atoms with E-state index in [0.717, 1.165) is 16.9 Å². The summed E-state index contributed by atoms with van der Waals surface area (Å²) in [6, 6.07) is 1.92. The Morgan fingerprint density at radius 3 is 2.41 bits per heavy atom. The summed E-state index contributed by atoms with van der Waals surface area (Å²) in [6.07, 6.45) is 3.72. The molecular formula is C18H28O3Si. The van der Waals surface area contributed by atoms with Gasteiger partial charge in [-0.05, 0) is 49.2 Å². The SMILES string of the molecule is CC1=C[C@@H](CO[Si](C)(C)C(C)(C)C)[C@H](c2occc2C)C1=O. The fourth-order valence-electron chi connectivity index (χ4n) is 2.62. The first-order chi connectivity index (χ1) is 10.0. The van der Waals surface area contributed by atoms with Gasteiger partial charge in [0.25, 0.3) is 0 Å². The second-order valence-electron chi connectivity index (χ2n) is 7.89. The maximum atomic E-state index is 12.5. The Labute approximate surface area is 134 Å². The lowest BCUT2D eigenvalue weighted by molar-refractivity contribution is -0.117. The number of Topliss-reactive ketones (excluding diaryl/α,β-unsaturated/α-hetero) is 1. The molecule has 0 unspecified atom stereocenters. The summed E-state index contributed by atoms with van der Waals surface area (Å²) in [5.74, 6) is 0.815. The minimum Gasteiger partial charge on any atom is -0.468 e. The molecule has 0 aliphatic heterocycles. The maximum absolute atomic E-state index is 12.5. The molecule has 0 N–H and O–H groups in total. The van der Waals surface area contributed by atoms with E-state index in [1.54, 1.807) is 6.26 Å². The van der Waals surface area contributed by atoms with Crippen LogP contribution < -0.4 is 0 Å². The second-order valence-corrected chi connectivity index (χ2v) is 12.7. The number of aryl methyl sites for hydroxylation is 1. The largest absolute Gasteiger partial charge is 0.468 e. The summed E-state index contributed by atoms with van der Waals surface area (Å²) in [6.45, 7) is 15.6. The average molecular weight is 321 g/mol. The Morgan fingerprint density at radius 1 is 1.27 bits per heavy atom. The van der Waals surface area contributed by atoms with E-state index >= 15 is 0 Å². The van der Waals surface area contributed by atoms with Crippen molar-refractivity contribution in [1.82, 2.24) is 0 Å². The molecule has 1 aliphatic rings. The summed E-state index contributed by atoms with van der Waals surface area (Å²) in [4.78, 5) is 12.5. The summed E-state index contributed by atoms with van der Waals surface area (Å²) >= 11 is 0. The number of carbonyl (C=O) groups is 1. The van der Waals surface area contributed by atoms with Gasteiger partial charge in [-0.25, -0.2) is 0 Å². The summed E-state index contributed by atoms with van der Waals surface area (Å²) in [5.41, 5.74) is 1.86. The van der Waals surface area contributed by atoms with Crippen LogP contribution in [-0.4, -0.2) is 20.7 Å². The van der Waals surface area contributed by atoms with Gasteiger partial charge in [-0.1, -0.05) is 26.8 Å². The fourth-order valence-corrected chi connectivity index (χ4v) is 3.66. The molecule has 0 radical (unpaired) electrons. The van der Waals surface area contributed by atoms with Crippen LogP contribution in [0, 0.1) is 12.8 Å². The number of rotatable bonds is 4. The van der Waals surface area contributed by atoms with Gasteiger partial charge in [-0.15, -0.1) is 0 Å². The van der Waals surface area contributed by atoms with E-state index in [-0.39, 0.29) is 22.7 Å². The number of hydrogen-bond donors (Lipinski definition) is 0. The zero-order valence-electron chi connectivity index (χ0n) is 14.8. The van der Waals surface area contributed by atoms with Crippen molar-refractivity contribution in [2.24, 2.45) is 5.92 Å². The predicted molar refractivity (Wildman–Crippen MR) is 91.6 cm³/mol. The molecule has 0 aromatic carbocycles. The fraction of sp³-hybridized carbons (Fsp3) is 0.611. The Kier molecular flexibility index (Phi) is 4.55. The van der Waals surface area contributed by atoms with Crippen molar-refractivity contribution in [2.45, 2.75) is 58.7 Å². The van der Waals surface area contributed by atoms with E-state index in [4.69, 9.17) is 8.84 Å². The molecule has 22 heavy (non-hydrogen) atoms. The molecule has 0 saturated heterocycles. The number of ketones is 1. The van der Waals surface area contributed by atoms with Gasteiger partial charge in [0, 0.05) is 12.5 Å².